The van der Waals surface area contributed by atoms with E-state index < -0.39 is 0 Å². The van der Waals surface area contributed by atoms with E-state index in [4.69, 9.17) is 5.26 Å². The summed E-state index contributed by atoms with van der Waals surface area (Å²) in [7, 11) is 1.58. The van der Waals surface area contributed by atoms with Crippen LogP contribution in [0.2, 0.25) is 0 Å². The Morgan fingerprint density at radius 1 is 1.20 bits per heavy atom. The van der Waals surface area contributed by atoms with Crippen LogP contribution in [0.15, 0.2) is 18.5 Å². The fourth-order valence-electron chi connectivity index (χ4n) is 4.39. The van der Waals surface area contributed by atoms with E-state index in [1.165, 1.54) is 31.7 Å². The third-order valence-corrected chi connectivity index (χ3v) is 5.88. The number of aromatic nitrogens is 4. The Morgan fingerprint density at radius 2 is 2.10 bits per heavy atom. The largest absolute Gasteiger partial charge is 0.380 e. The van der Waals surface area contributed by atoms with Crippen molar-refractivity contribution < 1.29 is 4.79 Å². The normalized spacial score (nSPS) is 23.0. The number of piperidine rings is 1. The van der Waals surface area contributed by atoms with Crippen LogP contribution in [-0.2, 0) is 0 Å². The lowest BCUT2D eigenvalue weighted by molar-refractivity contribution is 0.0958. The Balaban J connectivity index is 1.58. The summed E-state index contributed by atoms with van der Waals surface area (Å²) in [5.74, 6) is 1.83. The second kappa shape index (κ2) is 9.00. The van der Waals surface area contributed by atoms with Gasteiger partial charge in [-0.15, -0.1) is 10.2 Å². The highest BCUT2D eigenvalue weighted by atomic mass is 16.1. The van der Waals surface area contributed by atoms with Gasteiger partial charge in [0, 0.05) is 25.7 Å². The third kappa shape index (κ3) is 4.31. The van der Waals surface area contributed by atoms with Gasteiger partial charge in [-0.05, 0) is 37.6 Å². The summed E-state index contributed by atoms with van der Waals surface area (Å²) in [6, 6.07) is 3.98. The zero-order valence-electron chi connectivity index (χ0n) is 16.9. The smallest absolute Gasteiger partial charge is 0.273 e. The van der Waals surface area contributed by atoms with Gasteiger partial charge in [0.15, 0.2) is 17.2 Å². The molecule has 4 N–H and O–H groups in total. The minimum Gasteiger partial charge on any atom is -0.380 e. The van der Waals surface area contributed by atoms with Crippen molar-refractivity contribution >= 4 is 23.2 Å². The number of rotatable bonds is 5. The van der Waals surface area contributed by atoms with Crippen molar-refractivity contribution in [3.8, 4) is 6.07 Å². The van der Waals surface area contributed by atoms with Crippen molar-refractivity contribution in [1.29, 1.82) is 5.26 Å². The molecule has 1 aliphatic heterocycles. The molecule has 4 rings (SSSR count). The highest BCUT2D eigenvalue weighted by Gasteiger charge is 2.35. The lowest BCUT2D eigenvalue weighted by Crippen LogP contribution is -2.48. The van der Waals surface area contributed by atoms with Crippen molar-refractivity contribution in [1.82, 2.24) is 30.8 Å². The fraction of sp³-hybridized carbons (Fsp3) is 0.500. The maximum atomic E-state index is 12.4. The molecule has 10 nitrogen and oxygen atoms in total. The summed E-state index contributed by atoms with van der Waals surface area (Å²) >= 11 is 0. The van der Waals surface area contributed by atoms with E-state index in [2.05, 4.69) is 41.4 Å². The number of nitriles is 1. The van der Waals surface area contributed by atoms with Crippen LogP contribution in [-0.4, -0.2) is 52.3 Å². The first kappa shape index (κ1) is 20.0. The zero-order chi connectivity index (χ0) is 20.9. The first-order valence-electron chi connectivity index (χ1n) is 10.2. The van der Waals surface area contributed by atoms with Crippen LogP contribution in [0.25, 0.3) is 0 Å². The van der Waals surface area contributed by atoms with Gasteiger partial charge in [-0.3, -0.25) is 4.79 Å². The molecule has 3 unspecified atom stereocenters. The molecule has 0 bridgehead atoms. The van der Waals surface area contributed by atoms with Crippen molar-refractivity contribution in [3.05, 3.63) is 29.8 Å². The molecule has 2 aliphatic rings. The molecule has 30 heavy (non-hydrogen) atoms. The van der Waals surface area contributed by atoms with Gasteiger partial charge in [-0.25, -0.2) is 9.97 Å². The van der Waals surface area contributed by atoms with E-state index in [9.17, 15) is 4.79 Å². The van der Waals surface area contributed by atoms with Crippen molar-refractivity contribution in [2.24, 2.45) is 11.8 Å². The Labute approximate surface area is 174 Å². The molecule has 156 valence electrons. The van der Waals surface area contributed by atoms with Crippen LogP contribution < -0.4 is 21.3 Å². The Kier molecular flexibility index (Phi) is 5.99. The summed E-state index contributed by atoms with van der Waals surface area (Å²) in [6.45, 7) is 2.07. The monoisotopic (exact) mass is 407 g/mol. The topological polar surface area (TPSA) is 141 Å². The van der Waals surface area contributed by atoms with E-state index in [0.717, 1.165) is 19.5 Å². The van der Waals surface area contributed by atoms with E-state index in [1.54, 1.807) is 13.1 Å². The van der Waals surface area contributed by atoms with Crippen LogP contribution in [0.4, 0.5) is 17.3 Å². The molecule has 1 aliphatic carbocycles. The second-order valence-corrected chi connectivity index (χ2v) is 7.69. The number of fused-ring (bicyclic) bond motifs is 1. The quantitative estimate of drug-likeness (QED) is 0.579. The van der Waals surface area contributed by atoms with E-state index in [-0.39, 0.29) is 23.3 Å². The molecular weight excluding hydrogens is 382 g/mol. The summed E-state index contributed by atoms with van der Waals surface area (Å²) in [6.07, 6.45) is 7.54. The molecule has 0 aromatic carbocycles. The number of nitrogens with one attached hydrogen (secondary N) is 4. The SMILES string of the molecule is CNC(=O)c1nnc(Nc2cnc(C#N)cn2)cc1NC1CCCC2CCNCC21. The minimum absolute atomic E-state index is 0.233. The van der Waals surface area contributed by atoms with Gasteiger partial charge in [0.25, 0.3) is 5.91 Å². The number of carbonyl (C=O) groups is 1. The van der Waals surface area contributed by atoms with Gasteiger partial charge in [0.05, 0.1) is 18.1 Å². The number of nitrogens with zero attached hydrogens (tertiary/aromatic N) is 5. The summed E-state index contributed by atoms with van der Waals surface area (Å²) in [5.41, 5.74) is 1.14. The van der Waals surface area contributed by atoms with Crippen LogP contribution in [0.1, 0.15) is 41.9 Å². The van der Waals surface area contributed by atoms with Crippen molar-refractivity contribution in [2.75, 3.05) is 30.8 Å². The molecule has 2 fully saturated rings. The Morgan fingerprint density at radius 3 is 2.87 bits per heavy atom. The lowest BCUT2D eigenvalue weighted by Gasteiger charge is -2.42. The average molecular weight is 407 g/mol. The van der Waals surface area contributed by atoms with Crippen LogP contribution >= 0.6 is 0 Å². The first-order valence-corrected chi connectivity index (χ1v) is 10.2. The van der Waals surface area contributed by atoms with Gasteiger partial charge >= 0.3 is 0 Å². The highest BCUT2D eigenvalue weighted by molar-refractivity contribution is 5.97. The maximum Gasteiger partial charge on any atom is 0.273 e. The Hall–Kier alpha value is -3.32. The maximum absolute atomic E-state index is 12.4. The van der Waals surface area contributed by atoms with Gasteiger partial charge in [-0.2, -0.15) is 5.26 Å². The zero-order valence-corrected chi connectivity index (χ0v) is 16.9. The molecule has 10 heteroatoms. The molecule has 1 saturated heterocycles. The number of anilines is 3. The first-order chi connectivity index (χ1) is 14.7. The van der Waals surface area contributed by atoms with Gasteiger partial charge in [0.2, 0.25) is 0 Å². The lowest BCUT2D eigenvalue weighted by atomic mass is 9.72. The average Bonchev–Trinajstić information content (AvgIpc) is 2.79. The predicted molar refractivity (Wildman–Crippen MR) is 111 cm³/mol. The van der Waals surface area contributed by atoms with E-state index >= 15 is 0 Å². The predicted octanol–water partition coefficient (Wildman–Crippen LogP) is 1.43. The van der Waals surface area contributed by atoms with Gasteiger partial charge in [-0.1, -0.05) is 6.42 Å². The number of amides is 1. The third-order valence-electron chi connectivity index (χ3n) is 5.88. The molecule has 3 atom stereocenters. The fourth-order valence-corrected chi connectivity index (χ4v) is 4.39. The molecule has 0 spiro atoms. The van der Waals surface area contributed by atoms with Crippen molar-refractivity contribution in [3.63, 3.8) is 0 Å². The van der Waals surface area contributed by atoms with Crippen molar-refractivity contribution in [2.45, 2.75) is 31.7 Å². The number of hydrogen-bond acceptors (Lipinski definition) is 9. The van der Waals surface area contributed by atoms with Crippen LogP contribution in [0.3, 0.4) is 0 Å². The minimum atomic E-state index is -0.288. The summed E-state index contributed by atoms with van der Waals surface area (Å²) < 4.78 is 0. The van der Waals surface area contributed by atoms with E-state index in [1.807, 2.05) is 6.07 Å². The molecule has 3 heterocycles. The molecule has 2 aromatic rings. The molecule has 1 saturated carbocycles. The van der Waals surface area contributed by atoms with Gasteiger partial charge < -0.3 is 21.3 Å². The number of carbonyl (C=O) groups excluding carboxylic acids is 1. The molecular formula is C20H25N9O. The standard InChI is InChI=1S/C20H25N9O/c1-22-20(30)19-16(26-15-4-2-3-12-5-6-23-10-14(12)15)7-17(28-29-19)27-18-11-24-13(8-21)9-25-18/h7,9,11-12,14-15,23H,2-6,10H2,1H3,(H,22,30)(H2,25,26,27,28). The van der Waals surface area contributed by atoms with E-state index in [0.29, 0.717) is 29.2 Å². The highest BCUT2D eigenvalue weighted by Crippen LogP contribution is 2.36. The van der Waals surface area contributed by atoms with Crippen LogP contribution in [0, 0.1) is 23.2 Å². The Bertz CT molecular complexity index is 938. The van der Waals surface area contributed by atoms with Crippen LogP contribution in [0.5, 0.6) is 0 Å². The number of hydrogen-bond donors (Lipinski definition) is 4. The summed E-state index contributed by atoms with van der Waals surface area (Å²) in [4.78, 5) is 20.5. The molecule has 1 amide bonds. The molecule has 2 aromatic heterocycles. The second-order valence-electron chi connectivity index (χ2n) is 7.69. The van der Waals surface area contributed by atoms with Gasteiger partial charge in [0.1, 0.15) is 11.9 Å². The summed E-state index contributed by atoms with van der Waals surface area (Å²) in [5, 5.41) is 29.9. The molecule has 0 radical (unpaired) electrons.